The molecule has 6 heteroatoms. The third kappa shape index (κ3) is 4.60. The van der Waals surface area contributed by atoms with E-state index in [0.29, 0.717) is 18.0 Å². The molecule has 2 amide bonds. The van der Waals surface area contributed by atoms with Crippen LogP contribution in [0.3, 0.4) is 0 Å². The minimum atomic E-state index is -0.177. The van der Waals surface area contributed by atoms with Crippen molar-refractivity contribution in [3.8, 4) is 11.1 Å². The average Bonchev–Trinajstić information content (AvgIpc) is 3.37. The van der Waals surface area contributed by atoms with Gasteiger partial charge in [-0.3, -0.25) is 10.2 Å². The van der Waals surface area contributed by atoms with E-state index in [1.165, 1.54) is 0 Å². The molecule has 1 aromatic carbocycles. The lowest BCUT2D eigenvalue weighted by molar-refractivity contribution is 0.0985. The number of urea groups is 1. The van der Waals surface area contributed by atoms with Crippen LogP contribution in [0.2, 0.25) is 0 Å². The van der Waals surface area contributed by atoms with Crippen LogP contribution in [-0.2, 0) is 4.74 Å². The van der Waals surface area contributed by atoms with Gasteiger partial charge in [-0.1, -0.05) is 30.3 Å². The summed E-state index contributed by atoms with van der Waals surface area (Å²) in [6.45, 7) is 3.98. The molecular formula is C23H30N4O2. The first-order valence-electron chi connectivity index (χ1n) is 10.5. The minimum Gasteiger partial charge on any atom is -0.380 e. The Morgan fingerprint density at radius 1 is 1.14 bits per heavy atom. The molecule has 2 heterocycles. The van der Waals surface area contributed by atoms with Gasteiger partial charge in [0.05, 0.1) is 6.10 Å². The molecule has 2 fully saturated rings. The van der Waals surface area contributed by atoms with Gasteiger partial charge in [0, 0.05) is 43.5 Å². The fourth-order valence-electron chi connectivity index (χ4n) is 4.67. The van der Waals surface area contributed by atoms with Crippen molar-refractivity contribution in [2.45, 2.75) is 50.8 Å². The number of methoxy groups -OCH3 is 1. The van der Waals surface area contributed by atoms with Crippen molar-refractivity contribution in [2.24, 2.45) is 0 Å². The first-order chi connectivity index (χ1) is 14.1. The van der Waals surface area contributed by atoms with Gasteiger partial charge in [0.25, 0.3) is 0 Å². The minimum absolute atomic E-state index is 0.176. The fourth-order valence-corrected chi connectivity index (χ4v) is 4.67. The van der Waals surface area contributed by atoms with Crippen LogP contribution in [0.4, 0.5) is 10.6 Å². The van der Waals surface area contributed by atoms with E-state index < -0.39 is 0 Å². The van der Waals surface area contributed by atoms with E-state index in [2.05, 4.69) is 32.7 Å². The van der Waals surface area contributed by atoms with Gasteiger partial charge in [-0.2, -0.15) is 0 Å². The van der Waals surface area contributed by atoms with Crippen molar-refractivity contribution in [3.05, 3.63) is 48.2 Å². The number of likely N-dealkylation sites (tertiary alicyclic amines) is 1. The predicted molar refractivity (Wildman–Crippen MR) is 115 cm³/mol. The van der Waals surface area contributed by atoms with Crippen LogP contribution in [0.5, 0.6) is 0 Å². The topological polar surface area (TPSA) is 66.5 Å². The SMILES string of the molecule is COC1CCN([C@@H]2CCC[C@@H]2NC(=O)Nc2ccc(-c3ccccc3)c(C)n2)C1. The summed E-state index contributed by atoms with van der Waals surface area (Å²) in [6.07, 6.45) is 4.69. The van der Waals surface area contributed by atoms with Gasteiger partial charge in [-0.25, -0.2) is 9.78 Å². The molecule has 2 aromatic rings. The monoisotopic (exact) mass is 394 g/mol. The van der Waals surface area contributed by atoms with Crippen LogP contribution in [0, 0.1) is 6.92 Å². The molecule has 2 aliphatic rings. The van der Waals surface area contributed by atoms with Crippen molar-refractivity contribution in [3.63, 3.8) is 0 Å². The second-order valence-electron chi connectivity index (χ2n) is 8.04. The van der Waals surface area contributed by atoms with E-state index in [-0.39, 0.29) is 12.1 Å². The number of hydrogen-bond acceptors (Lipinski definition) is 4. The summed E-state index contributed by atoms with van der Waals surface area (Å²) >= 11 is 0. The number of carbonyl (C=O) groups is 1. The number of hydrogen-bond donors (Lipinski definition) is 2. The van der Waals surface area contributed by atoms with Crippen LogP contribution in [0.1, 0.15) is 31.4 Å². The van der Waals surface area contributed by atoms with Crippen molar-refractivity contribution >= 4 is 11.8 Å². The molecule has 2 N–H and O–H groups in total. The van der Waals surface area contributed by atoms with Gasteiger partial charge >= 0.3 is 6.03 Å². The molecule has 1 aliphatic heterocycles. The normalized spacial score (nSPS) is 24.6. The number of carbonyl (C=O) groups excluding carboxylic acids is 1. The van der Waals surface area contributed by atoms with Crippen molar-refractivity contribution in [1.82, 2.24) is 15.2 Å². The van der Waals surface area contributed by atoms with E-state index in [1.54, 1.807) is 7.11 Å². The summed E-state index contributed by atoms with van der Waals surface area (Å²) < 4.78 is 5.50. The van der Waals surface area contributed by atoms with Gasteiger partial charge < -0.3 is 10.1 Å². The summed E-state index contributed by atoms with van der Waals surface area (Å²) in [6, 6.07) is 14.4. The Bertz CT molecular complexity index is 842. The Balaban J connectivity index is 1.36. The van der Waals surface area contributed by atoms with E-state index in [0.717, 1.165) is 55.6 Å². The third-order valence-electron chi connectivity index (χ3n) is 6.19. The second kappa shape index (κ2) is 8.93. The van der Waals surface area contributed by atoms with Crippen molar-refractivity contribution < 1.29 is 9.53 Å². The van der Waals surface area contributed by atoms with Gasteiger partial charge in [0.2, 0.25) is 0 Å². The van der Waals surface area contributed by atoms with Crippen molar-refractivity contribution in [1.29, 1.82) is 0 Å². The molecule has 1 saturated heterocycles. The lowest BCUT2D eigenvalue weighted by atomic mass is 10.0. The highest BCUT2D eigenvalue weighted by Gasteiger charge is 2.36. The Morgan fingerprint density at radius 2 is 1.97 bits per heavy atom. The first-order valence-corrected chi connectivity index (χ1v) is 10.5. The number of aromatic nitrogens is 1. The number of aryl methyl sites for hydroxylation is 1. The molecule has 4 rings (SSSR count). The third-order valence-corrected chi connectivity index (χ3v) is 6.19. The average molecular weight is 395 g/mol. The number of amides is 2. The maximum absolute atomic E-state index is 12.6. The van der Waals surface area contributed by atoms with Crippen LogP contribution in [-0.4, -0.2) is 54.3 Å². The van der Waals surface area contributed by atoms with Crippen LogP contribution >= 0.6 is 0 Å². The smallest absolute Gasteiger partial charge is 0.320 e. The molecular weight excluding hydrogens is 364 g/mol. The van der Waals surface area contributed by atoms with Crippen LogP contribution < -0.4 is 10.6 Å². The maximum atomic E-state index is 12.6. The molecule has 154 valence electrons. The fraction of sp³-hybridized carbons (Fsp3) is 0.478. The number of anilines is 1. The highest BCUT2D eigenvalue weighted by atomic mass is 16.5. The largest absolute Gasteiger partial charge is 0.380 e. The van der Waals surface area contributed by atoms with Crippen LogP contribution in [0.25, 0.3) is 11.1 Å². The lowest BCUT2D eigenvalue weighted by Crippen LogP contribution is -2.49. The molecule has 1 unspecified atom stereocenters. The summed E-state index contributed by atoms with van der Waals surface area (Å²) in [4.78, 5) is 19.7. The van der Waals surface area contributed by atoms with E-state index in [9.17, 15) is 4.79 Å². The summed E-state index contributed by atoms with van der Waals surface area (Å²) in [5.74, 6) is 0.579. The zero-order valence-corrected chi connectivity index (χ0v) is 17.2. The van der Waals surface area contributed by atoms with Crippen molar-refractivity contribution in [2.75, 3.05) is 25.5 Å². The van der Waals surface area contributed by atoms with E-state index >= 15 is 0 Å². The summed E-state index contributed by atoms with van der Waals surface area (Å²) in [7, 11) is 1.78. The molecule has 1 saturated carbocycles. The van der Waals surface area contributed by atoms with Crippen LogP contribution in [0.15, 0.2) is 42.5 Å². The quantitative estimate of drug-likeness (QED) is 0.809. The Labute approximate surface area is 172 Å². The standard InChI is InChI=1S/C23H30N4O2/c1-16-19(17-7-4-3-5-8-17)11-12-22(24-16)26-23(28)25-20-9-6-10-21(20)27-14-13-18(15-27)29-2/h3-5,7-8,11-12,18,20-21H,6,9-10,13-15H2,1-2H3,(H2,24,25,26,28)/t18?,20-,21+/m0/s1. The van der Waals surface area contributed by atoms with Gasteiger partial charge in [-0.05, 0) is 50.3 Å². The number of ether oxygens (including phenoxy) is 1. The number of benzene rings is 1. The highest BCUT2D eigenvalue weighted by Crippen LogP contribution is 2.28. The molecule has 1 aromatic heterocycles. The molecule has 3 atom stereocenters. The van der Waals surface area contributed by atoms with Gasteiger partial charge in [0.1, 0.15) is 5.82 Å². The molecule has 0 radical (unpaired) electrons. The zero-order valence-electron chi connectivity index (χ0n) is 17.2. The zero-order chi connectivity index (χ0) is 20.2. The Hall–Kier alpha value is -2.44. The van der Waals surface area contributed by atoms with Gasteiger partial charge in [-0.15, -0.1) is 0 Å². The van der Waals surface area contributed by atoms with E-state index in [4.69, 9.17) is 4.74 Å². The second-order valence-corrected chi connectivity index (χ2v) is 8.04. The molecule has 1 aliphatic carbocycles. The molecule has 0 spiro atoms. The molecule has 6 nitrogen and oxygen atoms in total. The van der Waals surface area contributed by atoms with E-state index in [1.807, 2.05) is 37.3 Å². The summed E-state index contributed by atoms with van der Waals surface area (Å²) in [5.41, 5.74) is 3.10. The Kier molecular flexibility index (Phi) is 6.11. The number of pyridine rings is 1. The molecule has 29 heavy (non-hydrogen) atoms. The Morgan fingerprint density at radius 3 is 2.69 bits per heavy atom. The number of nitrogens with one attached hydrogen (secondary N) is 2. The highest BCUT2D eigenvalue weighted by molar-refractivity contribution is 5.88. The predicted octanol–water partition coefficient (Wildman–Crippen LogP) is 3.82. The number of rotatable bonds is 5. The lowest BCUT2D eigenvalue weighted by Gasteiger charge is -2.29. The summed E-state index contributed by atoms with van der Waals surface area (Å²) in [5, 5.41) is 6.10. The first kappa shape index (κ1) is 19.9. The number of nitrogens with zero attached hydrogens (tertiary/aromatic N) is 2. The van der Waals surface area contributed by atoms with Gasteiger partial charge in [0.15, 0.2) is 0 Å². The maximum Gasteiger partial charge on any atom is 0.320 e. The molecule has 0 bridgehead atoms.